The molecule has 1 atom stereocenters. The highest BCUT2D eigenvalue weighted by atomic mass is 19.4. The lowest BCUT2D eigenvalue weighted by atomic mass is 9.97. The van der Waals surface area contributed by atoms with Gasteiger partial charge in [-0.1, -0.05) is 0 Å². The highest BCUT2D eigenvalue weighted by molar-refractivity contribution is 5.68. The van der Waals surface area contributed by atoms with Crippen molar-refractivity contribution in [1.82, 2.24) is 15.3 Å². The van der Waals surface area contributed by atoms with Crippen LogP contribution in [0, 0.1) is 5.92 Å². The van der Waals surface area contributed by atoms with E-state index in [1.165, 1.54) is 12.1 Å². The van der Waals surface area contributed by atoms with Crippen molar-refractivity contribution in [2.45, 2.75) is 39.0 Å². The first-order valence-corrected chi connectivity index (χ1v) is 9.24. The number of nitrogens with zero attached hydrogens (tertiary/aromatic N) is 3. The quantitative estimate of drug-likeness (QED) is 0.819. The first kappa shape index (κ1) is 20.9. The number of ether oxygens (including phenoxy) is 1. The molecule has 6 nitrogen and oxygen atoms in total. The topological polar surface area (TPSA) is 67.3 Å². The van der Waals surface area contributed by atoms with E-state index in [-0.39, 0.29) is 5.92 Å². The van der Waals surface area contributed by atoms with Crippen molar-refractivity contribution in [3.8, 4) is 0 Å². The monoisotopic (exact) mass is 408 g/mol. The molecule has 2 heterocycles. The number of hydrogen-bond donors (Lipinski definition) is 1. The minimum atomic E-state index is -4.39. The van der Waals surface area contributed by atoms with Crippen LogP contribution >= 0.6 is 0 Å². The van der Waals surface area contributed by atoms with Gasteiger partial charge in [0.05, 0.1) is 11.3 Å². The number of carbonyl (C=O) groups excluding carboxylic acids is 1. The average molecular weight is 408 g/mol. The number of carbonyl (C=O) groups is 1. The van der Waals surface area contributed by atoms with Crippen LogP contribution in [0.4, 0.5) is 29.5 Å². The Morgan fingerprint density at radius 1 is 1.17 bits per heavy atom. The van der Waals surface area contributed by atoms with Gasteiger partial charge in [-0.2, -0.15) is 13.2 Å². The molecule has 0 bridgehead atoms. The van der Waals surface area contributed by atoms with Crippen LogP contribution in [0.1, 0.15) is 32.0 Å². The lowest BCUT2D eigenvalue weighted by Gasteiger charge is -2.34. The maximum Gasteiger partial charge on any atom is 0.416 e. The molecule has 0 spiro atoms. The van der Waals surface area contributed by atoms with Gasteiger partial charge in [-0.25, -0.2) is 9.78 Å². The fourth-order valence-electron chi connectivity index (χ4n) is 3.15. The molecule has 1 aliphatic heterocycles. The van der Waals surface area contributed by atoms with E-state index in [4.69, 9.17) is 4.74 Å². The van der Waals surface area contributed by atoms with Crippen LogP contribution < -0.4 is 10.2 Å². The summed E-state index contributed by atoms with van der Waals surface area (Å²) >= 11 is 0. The average Bonchev–Trinajstić information content (AvgIpc) is 2.64. The fraction of sp³-hybridized carbons (Fsp3) is 0.450. The number of amides is 1. The molecule has 0 fully saturated rings. The minimum absolute atomic E-state index is 0.00555. The van der Waals surface area contributed by atoms with Crippen molar-refractivity contribution in [3.05, 3.63) is 47.9 Å². The summed E-state index contributed by atoms with van der Waals surface area (Å²) in [7, 11) is 0. The van der Waals surface area contributed by atoms with Gasteiger partial charge in [-0.05, 0) is 51.5 Å². The zero-order chi connectivity index (χ0) is 21.2. The van der Waals surface area contributed by atoms with Crippen LogP contribution in [0.15, 0.2) is 36.7 Å². The Balaban J connectivity index is 1.77. The Kier molecular flexibility index (Phi) is 5.68. The summed E-state index contributed by atoms with van der Waals surface area (Å²) in [4.78, 5) is 22.5. The Bertz CT molecular complexity index is 863. The summed E-state index contributed by atoms with van der Waals surface area (Å²) in [5.74, 6) is 0.606. The van der Waals surface area contributed by atoms with Crippen LogP contribution in [0.5, 0.6) is 0 Å². The summed E-state index contributed by atoms with van der Waals surface area (Å²) in [5.41, 5.74) is 0.0122. The molecule has 1 N–H and O–H groups in total. The third-order valence-corrected chi connectivity index (χ3v) is 4.37. The number of nitrogens with one attached hydrogen (secondary N) is 1. The molecule has 0 aliphatic carbocycles. The van der Waals surface area contributed by atoms with Gasteiger partial charge in [0.2, 0.25) is 0 Å². The highest BCUT2D eigenvalue weighted by Gasteiger charge is 2.32. The van der Waals surface area contributed by atoms with E-state index in [2.05, 4.69) is 15.3 Å². The van der Waals surface area contributed by atoms with Crippen molar-refractivity contribution in [3.63, 3.8) is 0 Å². The number of rotatable bonds is 3. The van der Waals surface area contributed by atoms with Crippen LogP contribution in [-0.4, -0.2) is 34.8 Å². The van der Waals surface area contributed by atoms with Crippen LogP contribution in [0.2, 0.25) is 0 Å². The van der Waals surface area contributed by atoms with E-state index >= 15 is 0 Å². The molecule has 1 aromatic heterocycles. The molecule has 2 aromatic rings. The number of fused-ring (bicyclic) bond motifs is 1. The second-order valence-corrected chi connectivity index (χ2v) is 7.93. The number of anilines is 2. The van der Waals surface area contributed by atoms with Gasteiger partial charge in [0, 0.05) is 37.1 Å². The minimum Gasteiger partial charge on any atom is -0.444 e. The molecule has 1 aromatic carbocycles. The third-order valence-electron chi connectivity index (χ3n) is 4.37. The molecule has 29 heavy (non-hydrogen) atoms. The number of benzene rings is 1. The van der Waals surface area contributed by atoms with Crippen molar-refractivity contribution in [2.24, 2.45) is 5.92 Å². The molecule has 3 rings (SSSR count). The number of alkyl carbamates (subject to hydrolysis) is 1. The van der Waals surface area contributed by atoms with Gasteiger partial charge in [0.1, 0.15) is 5.60 Å². The lowest BCUT2D eigenvalue weighted by molar-refractivity contribution is -0.137. The Morgan fingerprint density at radius 3 is 2.45 bits per heavy atom. The molecule has 1 unspecified atom stereocenters. The fourth-order valence-corrected chi connectivity index (χ4v) is 3.15. The van der Waals surface area contributed by atoms with Gasteiger partial charge in [0.15, 0.2) is 5.82 Å². The maximum absolute atomic E-state index is 12.9. The van der Waals surface area contributed by atoms with E-state index in [1.54, 1.807) is 33.2 Å². The molecule has 1 amide bonds. The Morgan fingerprint density at radius 2 is 1.83 bits per heavy atom. The summed E-state index contributed by atoms with van der Waals surface area (Å²) in [5, 5.41) is 2.76. The molecule has 0 saturated carbocycles. The summed E-state index contributed by atoms with van der Waals surface area (Å²) in [6.45, 7) is 6.18. The summed E-state index contributed by atoms with van der Waals surface area (Å²) in [6, 6.07) is 4.94. The number of alkyl halides is 3. The summed E-state index contributed by atoms with van der Waals surface area (Å²) < 4.78 is 43.9. The lowest BCUT2D eigenvalue weighted by Crippen LogP contribution is -2.41. The predicted molar refractivity (Wildman–Crippen MR) is 102 cm³/mol. The second-order valence-electron chi connectivity index (χ2n) is 7.93. The second kappa shape index (κ2) is 7.88. The molecule has 0 radical (unpaired) electrons. The van der Waals surface area contributed by atoms with Crippen LogP contribution in [0.3, 0.4) is 0 Å². The normalized spacial score (nSPS) is 16.9. The Hall–Kier alpha value is -2.84. The van der Waals surface area contributed by atoms with E-state index in [1.807, 2.05) is 4.90 Å². The largest absolute Gasteiger partial charge is 0.444 e. The van der Waals surface area contributed by atoms with E-state index < -0.39 is 23.4 Å². The number of halogens is 3. The van der Waals surface area contributed by atoms with Gasteiger partial charge in [-0.15, -0.1) is 0 Å². The first-order valence-electron chi connectivity index (χ1n) is 9.24. The highest BCUT2D eigenvalue weighted by Crippen LogP contribution is 2.35. The predicted octanol–water partition coefficient (Wildman–Crippen LogP) is 4.33. The maximum atomic E-state index is 12.9. The molecule has 1 aliphatic rings. The van der Waals surface area contributed by atoms with E-state index in [0.717, 1.165) is 17.8 Å². The zero-order valence-corrected chi connectivity index (χ0v) is 16.5. The summed E-state index contributed by atoms with van der Waals surface area (Å²) in [6.07, 6.45) is -1.18. The van der Waals surface area contributed by atoms with Gasteiger partial charge >= 0.3 is 12.3 Å². The van der Waals surface area contributed by atoms with Crippen molar-refractivity contribution in [1.29, 1.82) is 0 Å². The smallest absolute Gasteiger partial charge is 0.416 e. The van der Waals surface area contributed by atoms with Crippen molar-refractivity contribution >= 4 is 17.6 Å². The molecule has 156 valence electrons. The van der Waals surface area contributed by atoms with Crippen molar-refractivity contribution < 1.29 is 22.7 Å². The van der Waals surface area contributed by atoms with E-state index in [0.29, 0.717) is 31.0 Å². The van der Waals surface area contributed by atoms with Gasteiger partial charge in [0.25, 0.3) is 0 Å². The zero-order valence-electron chi connectivity index (χ0n) is 16.5. The van der Waals surface area contributed by atoms with Crippen LogP contribution in [-0.2, 0) is 17.3 Å². The standard InChI is InChI=1S/C20H23F3N4O2/c1-19(2,3)29-18(28)26-11-13-10-16-17(25-9-8-24-16)27(12-13)15-6-4-14(5-7-15)20(21,22)23/h4-9,13H,10-12H2,1-3H3,(H,26,28). The Labute approximate surface area is 167 Å². The number of aromatic nitrogens is 2. The van der Waals surface area contributed by atoms with Gasteiger partial charge in [-0.3, -0.25) is 4.98 Å². The van der Waals surface area contributed by atoms with Crippen LogP contribution in [0.25, 0.3) is 0 Å². The molecule has 9 heteroatoms. The SMILES string of the molecule is CC(C)(C)OC(=O)NCC1Cc2nccnc2N(c2ccc(C(F)(F)F)cc2)C1. The van der Waals surface area contributed by atoms with E-state index in [9.17, 15) is 18.0 Å². The first-order chi connectivity index (χ1) is 13.5. The molecular weight excluding hydrogens is 385 g/mol. The molecule has 0 saturated heterocycles. The van der Waals surface area contributed by atoms with Gasteiger partial charge < -0.3 is 15.0 Å². The number of hydrogen-bond acceptors (Lipinski definition) is 5. The molecular formula is C20H23F3N4O2. The third kappa shape index (κ3) is 5.36. The van der Waals surface area contributed by atoms with Crippen molar-refractivity contribution in [2.75, 3.05) is 18.0 Å².